The summed E-state index contributed by atoms with van der Waals surface area (Å²) in [5, 5.41) is 8.70. The molecule has 4 rings (SSSR count). The van der Waals surface area contributed by atoms with Crippen LogP contribution in [0.2, 0.25) is 0 Å². The Morgan fingerprint density at radius 3 is 2.16 bits per heavy atom. The van der Waals surface area contributed by atoms with Gasteiger partial charge in [0.2, 0.25) is 17.7 Å². The van der Waals surface area contributed by atoms with E-state index in [0.29, 0.717) is 25.8 Å². The predicted molar refractivity (Wildman–Crippen MR) is 148 cm³/mol. The fraction of sp³-hybridized carbons (Fsp3) is 0.483. The zero-order valence-electron chi connectivity index (χ0n) is 22.0. The summed E-state index contributed by atoms with van der Waals surface area (Å²) in [5.41, 5.74) is 7.82. The summed E-state index contributed by atoms with van der Waals surface area (Å²) in [4.78, 5) is 42.5. The first kappa shape index (κ1) is 27.9. The number of rotatable bonds is 10. The minimum Gasteiger partial charge on any atom is -0.356 e. The molecule has 2 aromatic carbocycles. The maximum Gasteiger partial charge on any atom is 0.246 e. The normalized spacial score (nSPS) is 24.0. The molecule has 0 bridgehead atoms. The Morgan fingerprint density at radius 2 is 1.61 bits per heavy atom. The topological polar surface area (TPSA) is 117 Å². The summed E-state index contributed by atoms with van der Waals surface area (Å²) >= 11 is 0. The molecule has 0 aromatic heterocycles. The number of hydrogen-bond donors (Lipinski definition) is 4. The molecular weight excluding hydrogens is 477 g/mol. The summed E-state index contributed by atoms with van der Waals surface area (Å²) in [5.74, 6) is -0.805. The first-order chi connectivity index (χ1) is 18.5. The molecule has 8 nitrogen and oxygen atoms in total. The Hall–Kier alpha value is -3.17. The standard InChI is InChI=1S/C29H38BN5O3/c1-2-23(34-30)27(36)33-26-21(17-18-31)13-14-22-15-16-24(35(22)29(26)38)28(37)32-25(19-9-5-3-6-10-19)20-11-7-4-8-12-20/h3-12,21-26,34H,2,13-18,31H2,1H3,(H,32,37)(H,33,36)/t21-,22+,23+,24+,26+/m1/s1. The zero-order chi connectivity index (χ0) is 27.1. The Kier molecular flexibility index (Phi) is 9.58. The number of nitrogens with one attached hydrogen (secondary N) is 3. The molecule has 0 saturated carbocycles. The van der Waals surface area contributed by atoms with Crippen molar-refractivity contribution in [3.8, 4) is 0 Å². The second-order valence-corrected chi connectivity index (χ2v) is 10.3. The van der Waals surface area contributed by atoms with E-state index in [1.54, 1.807) is 4.90 Å². The average molecular weight is 515 g/mol. The van der Waals surface area contributed by atoms with E-state index in [2.05, 4.69) is 15.9 Å². The Bertz CT molecular complexity index is 1040. The van der Waals surface area contributed by atoms with Crippen molar-refractivity contribution in [1.29, 1.82) is 0 Å². The van der Waals surface area contributed by atoms with Crippen molar-refractivity contribution in [3.05, 3.63) is 71.8 Å². The van der Waals surface area contributed by atoms with E-state index in [0.717, 1.165) is 30.4 Å². The third-order valence-electron chi connectivity index (χ3n) is 7.98. The van der Waals surface area contributed by atoms with E-state index in [4.69, 9.17) is 13.7 Å². The lowest BCUT2D eigenvalue weighted by atomic mass is 9.90. The van der Waals surface area contributed by atoms with Crippen LogP contribution in [-0.4, -0.2) is 61.3 Å². The number of nitrogens with zero attached hydrogens (tertiary/aromatic N) is 1. The van der Waals surface area contributed by atoms with Gasteiger partial charge in [-0.15, -0.1) is 0 Å². The molecule has 0 spiro atoms. The van der Waals surface area contributed by atoms with Crippen molar-refractivity contribution >= 4 is 25.7 Å². The zero-order valence-corrected chi connectivity index (χ0v) is 22.0. The number of carbonyl (C=O) groups excluding carboxylic acids is 3. The number of fused-ring (bicyclic) bond motifs is 1. The molecular formula is C29H38BN5O3. The number of benzene rings is 2. The van der Waals surface area contributed by atoms with Gasteiger partial charge in [-0.3, -0.25) is 14.4 Å². The van der Waals surface area contributed by atoms with E-state index < -0.39 is 18.1 Å². The molecule has 9 heteroatoms. The largest absolute Gasteiger partial charge is 0.356 e. The molecule has 0 aliphatic carbocycles. The van der Waals surface area contributed by atoms with E-state index in [1.807, 2.05) is 67.6 Å². The molecule has 5 N–H and O–H groups in total. The molecule has 2 aliphatic heterocycles. The van der Waals surface area contributed by atoms with Crippen molar-refractivity contribution in [3.63, 3.8) is 0 Å². The molecule has 200 valence electrons. The molecule has 5 atom stereocenters. The van der Waals surface area contributed by atoms with Gasteiger partial charge in [-0.05, 0) is 62.1 Å². The Balaban J connectivity index is 1.58. The van der Waals surface area contributed by atoms with Gasteiger partial charge in [0.05, 0.1) is 12.1 Å². The highest BCUT2D eigenvalue weighted by Gasteiger charge is 2.47. The summed E-state index contributed by atoms with van der Waals surface area (Å²) in [6.45, 7) is 2.27. The van der Waals surface area contributed by atoms with Crippen LogP contribution in [0.15, 0.2) is 60.7 Å². The third kappa shape index (κ3) is 6.10. The van der Waals surface area contributed by atoms with Crippen molar-refractivity contribution in [2.24, 2.45) is 11.7 Å². The van der Waals surface area contributed by atoms with Crippen LogP contribution in [0.3, 0.4) is 0 Å². The van der Waals surface area contributed by atoms with E-state index in [9.17, 15) is 14.4 Å². The molecule has 2 radical (unpaired) electrons. The number of nitrogens with two attached hydrogens (primary N) is 1. The van der Waals surface area contributed by atoms with Crippen LogP contribution in [0.4, 0.5) is 0 Å². The van der Waals surface area contributed by atoms with Gasteiger partial charge in [-0.2, -0.15) is 0 Å². The predicted octanol–water partition coefficient (Wildman–Crippen LogP) is 1.95. The van der Waals surface area contributed by atoms with Gasteiger partial charge in [0.15, 0.2) is 7.98 Å². The molecule has 2 saturated heterocycles. The van der Waals surface area contributed by atoms with Crippen molar-refractivity contribution in [2.45, 2.75) is 75.7 Å². The second-order valence-electron chi connectivity index (χ2n) is 10.3. The highest BCUT2D eigenvalue weighted by atomic mass is 16.2. The Labute approximate surface area is 226 Å². The highest BCUT2D eigenvalue weighted by Crippen LogP contribution is 2.35. The average Bonchev–Trinajstić information content (AvgIpc) is 3.33. The molecule has 2 aromatic rings. The van der Waals surface area contributed by atoms with Crippen molar-refractivity contribution in [1.82, 2.24) is 20.8 Å². The lowest BCUT2D eigenvalue weighted by Gasteiger charge is -2.33. The SMILES string of the molecule is [B]N[C@@H](CC)C(=O)N[C@@H]1C(=O)N2[C@@H](CC[C@@H]1CCN)CC[C@H]2C(=O)NC(c1ccccc1)c1ccccc1. The Morgan fingerprint density at radius 1 is 1.00 bits per heavy atom. The number of hydrogen-bond acceptors (Lipinski definition) is 5. The second kappa shape index (κ2) is 13.1. The van der Waals surface area contributed by atoms with Crippen LogP contribution >= 0.6 is 0 Å². The smallest absolute Gasteiger partial charge is 0.246 e. The number of amides is 3. The minimum absolute atomic E-state index is 0.0399. The third-order valence-corrected chi connectivity index (χ3v) is 7.98. The van der Waals surface area contributed by atoms with Crippen LogP contribution in [0.1, 0.15) is 62.6 Å². The van der Waals surface area contributed by atoms with Gasteiger partial charge in [0.1, 0.15) is 12.1 Å². The first-order valence-corrected chi connectivity index (χ1v) is 13.7. The minimum atomic E-state index is -0.745. The van der Waals surface area contributed by atoms with Gasteiger partial charge >= 0.3 is 0 Å². The van der Waals surface area contributed by atoms with Gasteiger partial charge in [-0.1, -0.05) is 67.6 Å². The molecule has 3 amide bonds. The monoisotopic (exact) mass is 515 g/mol. The lowest BCUT2D eigenvalue weighted by Crippen LogP contribution is -2.58. The van der Waals surface area contributed by atoms with Gasteiger partial charge < -0.3 is 26.5 Å². The molecule has 0 unspecified atom stereocenters. The van der Waals surface area contributed by atoms with Gasteiger partial charge in [0.25, 0.3) is 0 Å². The van der Waals surface area contributed by atoms with E-state index >= 15 is 0 Å². The van der Waals surface area contributed by atoms with Crippen LogP contribution in [0, 0.1) is 5.92 Å². The number of carbonyl (C=O) groups is 3. The molecule has 38 heavy (non-hydrogen) atoms. The lowest BCUT2D eigenvalue weighted by molar-refractivity contribution is -0.143. The van der Waals surface area contributed by atoms with Crippen molar-refractivity contribution < 1.29 is 14.4 Å². The molecule has 2 aliphatic rings. The van der Waals surface area contributed by atoms with Gasteiger partial charge in [-0.25, -0.2) is 0 Å². The van der Waals surface area contributed by atoms with Gasteiger partial charge in [0, 0.05) is 6.04 Å². The molecule has 2 heterocycles. The van der Waals surface area contributed by atoms with Crippen LogP contribution in [0.5, 0.6) is 0 Å². The summed E-state index contributed by atoms with van der Waals surface area (Å²) in [6.07, 6.45) is 3.98. The van der Waals surface area contributed by atoms with Crippen LogP contribution in [-0.2, 0) is 14.4 Å². The fourth-order valence-corrected chi connectivity index (χ4v) is 5.92. The van der Waals surface area contributed by atoms with Crippen LogP contribution in [0.25, 0.3) is 0 Å². The quantitative estimate of drug-likeness (QED) is 0.361. The summed E-state index contributed by atoms with van der Waals surface area (Å²) in [7, 11) is 5.56. The molecule has 2 fully saturated rings. The highest BCUT2D eigenvalue weighted by molar-refractivity contribution is 6.07. The maximum absolute atomic E-state index is 14.0. The summed E-state index contributed by atoms with van der Waals surface area (Å²) in [6, 6.07) is 17.3. The van der Waals surface area contributed by atoms with E-state index in [-0.39, 0.29) is 35.7 Å². The van der Waals surface area contributed by atoms with Crippen LogP contribution < -0.4 is 21.6 Å². The fourth-order valence-electron chi connectivity index (χ4n) is 5.92. The first-order valence-electron chi connectivity index (χ1n) is 13.7. The summed E-state index contributed by atoms with van der Waals surface area (Å²) < 4.78 is 0. The maximum atomic E-state index is 14.0. The van der Waals surface area contributed by atoms with E-state index in [1.165, 1.54) is 0 Å². The van der Waals surface area contributed by atoms with Crippen molar-refractivity contribution in [2.75, 3.05) is 6.54 Å².